The molecule has 2 amide bonds. The van der Waals surface area contributed by atoms with E-state index in [1.54, 1.807) is 41.2 Å². The number of aryl methyl sites for hydroxylation is 1. The highest BCUT2D eigenvalue weighted by molar-refractivity contribution is 8.01. The second-order valence-corrected chi connectivity index (χ2v) is 7.18. The van der Waals surface area contributed by atoms with Crippen LogP contribution in [0.15, 0.2) is 28.7 Å². The summed E-state index contributed by atoms with van der Waals surface area (Å²) < 4.78 is 0.940. The van der Waals surface area contributed by atoms with E-state index in [4.69, 9.17) is 0 Å². The molecule has 0 unspecified atom stereocenters. The van der Waals surface area contributed by atoms with Gasteiger partial charge in [0.1, 0.15) is 5.01 Å². The standard InChI is InChI=1S/C14H19N5OS2/c1-11-17-18-14(22-11)21-10-8-16-13(20)19(2)9-6-12-5-3-4-7-15-12/h3-5,7H,6,8-10H2,1-2H3,(H,16,20). The lowest BCUT2D eigenvalue weighted by atomic mass is 10.2. The average Bonchev–Trinajstić information content (AvgIpc) is 2.95. The Morgan fingerprint density at radius 1 is 1.41 bits per heavy atom. The van der Waals surface area contributed by atoms with Crippen molar-refractivity contribution in [2.75, 3.05) is 25.9 Å². The molecule has 118 valence electrons. The summed E-state index contributed by atoms with van der Waals surface area (Å²) in [7, 11) is 1.79. The minimum Gasteiger partial charge on any atom is -0.337 e. The van der Waals surface area contributed by atoms with Gasteiger partial charge in [-0.25, -0.2) is 4.79 Å². The van der Waals surface area contributed by atoms with Gasteiger partial charge in [0.15, 0.2) is 4.34 Å². The van der Waals surface area contributed by atoms with Crippen LogP contribution in [0, 0.1) is 6.92 Å². The first kappa shape index (κ1) is 16.7. The molecular formula is C14H19N5OS2. The molecular weight excluding hydrogens is 318 g/mol. The lowest BCUT2D eigenvalue weighted by Gasteiger charge is -2.17. The van der Waals surface area contributed by atoms with E-state index in [-0.39, 0.29) is 6.03 Å². The number of likely N-dealkylation sites (N-methyl/N-ethyl adjacent to an activating group) is 1. The number of thioether (sulfide) groups is 1. The SMILES string of the molecule is Cc1nnc(SCCNC(=O)N(C)CCc2ccccn2)s1. The number of hydrogen-bond acceptors (Lipinski definition) is 6. The minimum atomic E-state index is -0.0648. The molecule has 0 aliphatic carbocycles. The molecule has 0 aliphatic rings. The first-order valence-corrected chi connectivity index (χ1v) is 8.77. The van der Waals surface area contributed by atoms with Gasteiger partial charge in [0.2, 0.25) is 0 Å². The van der Waals surface area contributed by atoms with Crippen molar-refractivity contribution in [3.63, 3.8) is 0 Å². The van der Waals surface area contributed by atoms with Crippen LogP contribution in [0.25, 0.3) is 0 Å². The van der Waals surface area contributed by atoms with E-state index in [0.29, 0.717) is 13.1 Å². The number of carbonyl (C=O) groups is 1. The summed E-state index contributed by atoms with van der Waals surface area (Å²) in [6.07, 6.45) is 2.52. The van der Waals surface area contributed by atoms with Gasteiger partial charge in [-0.15, -0.1) is 10.2 Å². The number of carbonyl (C=O) groups excluding carboxylic acids is 1. The van der Waals surface area contributed by atoms with E-state index < -0.39 is 0 Å². The highest BCUT2D eigenvalue weighted by Crippen LogP contribution is 2.20. The van der Waals surface area contributed by atoms with Crippen LogP contribution in [0.4, 0.5) is 4.79 Å². The monoisotopic (exact) mass is 337 g/mol. The number of rotatable bonds is 7. The normalized spacial score (nSPS) is 10.5. The van der Waals surface area contributed by atoms with Gasteiger partial charge in [-0.1, -0.05) is 29.2 Å². The molecule has 22 heavy (non-hydrogen) atoms. The molecule has 8 heteroatoms. The Hall–Kier alpha value is -1.67. The van der Waals surface area contributed by atoms with Crippen LogP contribution in [-0.4, -0.2) is 52.0 Å². The molecule has 6 nitrogen and oxygen atoms in total. The highest BCUT2D eigenvalue weighted by Gasteiger charge is 2.08. The number of hydrogen-bond donors (Lipinski definition) is 1. The molecule has 2 rings (SSSR count). The van der Waals surface area contributed by atoms with Crippen molar-refractivity contribution in [2.45, 2.75) is 17.7 Å². The molecule has 0 fully saturated rings. The molecule has 2 aromatic heterocycles. The van der Waals surface area contributed by atoms with E-state index >= 15 is 0 Å². The minimum absolute atomic E-state index is 0.0648. The van der Waals surface area contributed by atoms with Gasteiger partial charge in [-0.2, -0.15) is 0 Å². The van der Waals surface area contributed by atoms with Gasteiger partial charge < -0.3 is 10.2 Å². The van der Waals surface area contributed by atoms with Crippen LogP contribution >= 0.6 is 23.1 Å². The summed E-state index contributed by atoms with van der Waals surface area (Å²) >= 11 is 3.18. The summed E-state index contributed by atoms with van der Waals surface area (Å²) in [4.78, 5) is 17.9. The van der Waals surface area contributed by atoms with Crippen LogP contribution < -0.4 is 5.32 Å². The van der Waals surface area contributed by atoms with E-state index in [1.165, 1.54) is 0 Å². The fourth-order valence-electron chi connectivity index (χ4n) is 1.70. The number of aromatic nitrogens is 3. The van der Waals surface area contributed by atoms with Crippen molar-refractivity contribution in [1.82, 2.24) is 25.4 Å². The lowest BCUT2D eigenvalue weighted by Crippen LogP contribution is -2.39. The Bertz CT molecular complexity index is 590. The molecule has 0 saturated carbocycles. The Kier molecular flexibility index (Phi) is 6.60. The third-order valence-corrected chi connectivity index (χ3v) is 4.86. The Morgan fingerprint density at radius 3 is 2.95 bits per heavy atom. The predicted molar refractivity (Wildman–Crippen MR) is 89.3 cm³/mol. The third-order valence-electron chi connectivity index (χ3n) is 2.89. The quantitative estimate of drug-likeness (QED) is 0.619. The third kappa shape index (κ3) is 5.61. The number of amides is 2. The summed E-state index contributed by atoms with van der Waals surface area (Å²) in [5.41, 5.74) is 0.990. The van der Waals surface area contributed by atoms with E-state index in [2.05, 4.69) is 20.5 Å². The second-order valence-electron chi connectivity index (χ2n) is 4.66. The summed E-state index contributed by atoms with van der Waals surface area (Å²) in [5, 5.41) is 11.8. The topological polar surface area (TPSA) is 71.0 Å². The zero-order valence-corrected chi connectivity index (χ0v) is 14.3. The fourth-order valence-corrected chi connectivity index (χ4v) is 3.44. The lowest BCUT2D eigenvalue weighted by molar-refractivity contribution is 0.210. The van der Waals surface area contributed by atoms with Crippen molar-refractivity contribution in [1.29, 1.82) is 0 Å². The number of pyridine rings is 1. The van der Waals surface area contributed by atoms with Crippen molar-refractivity contribution in [3.8, 4) is 0 Å². The second kappa shape index (κ2) is 8.70. The predicted octanol–water partition coefficient (Wildman–Crippen LogP) is 2.22. The van der Waals surface area contributed by atoms with Crippen molar-refractivity contribution in [3.05, 3.63) is 35.1 Å². The molecule has 0 bridgehead atoms. The number of urea groups is 1. The first-order valence-electron chi connectivity index (χ1n) is 6.97. The zero-order valence-electron chi connectivity index (χ0n) is 12.7. The Labute approximate surface area is 138 Å². The maximum atomic E-state index is 11.9. The maximum absolute atomic E-state index is 11.9. The number of nitrogens with zero attached hydrogens (tertiary/aromatic N) is 4. The van der Waals surface area contributed by atoms with Gasteiger partial charge >= 0.3 is 6.03 Å². The van der Waals surface area contributed by atoms with Crippen LogP contribution in [0.3, 0.4) is 0 Å². The van der Waals surface area contributed by atoms with E-state index in [9.17, 15) is 4.79 Å². The molecule has 0 aromatic carbocycles. The van der Waals surface area contributed by atoms with Gasteiger partial charge in [0.05, 0.1) is 0 Å². The first-order chi connectivity index (χ1) is 10.6. The molecule has 0 aliphatic heterocycles. The summed E-state index contributed by atoms with van der Waals surface area (Å²) in [5.74, 6) is 0.786. The van der Waals surface area contributed by atoms with Crippen molar-refractivity contribution < 1.29 is 4.79 Å². The van der Waals surface area contributed by atoms with Gasteiger partial charge in [0, 0.05) is 44.2 Å². The number of nitrogens with one attached hydrogen (secondary N) is 1. The van der Waals surface area contributed by atoms with Crippen LogP contribution in [0.2, 0.25) is 0 Å². The van der Waals surface area contributed by atoms with Crippen molar-refractivity contribution >= 4 is 29.1 Å². The van der Waals surface area contributed by atoms with Gasteiger partial charge in [0.25, 0.3) is 0 Å². The maximum Gasteiger partial charge on any atom is 0.317 e. The molecule has 0 spiro atoms. The van der Waals surface area contributed by atoms with Crippen LogP contribution in [-0.2, 0) is 6.42 Å². The van der Waals surface area contributed by atoms with Gasteiger partial charge in [-0.05, 0) is 19.1 Å². The van der Waals surface area contributed by atoms with Crippen LogP contribution in [0.1, 0.15) is 10.7 Å². The highest BCUT2D eigenvalue weighted by atomic mass is 32.2. The van der Waals surface area contributed by atoms with Crippen molar-refractivity contribution in [2.24, 2.45) is 0 Å². The van der Waals surface area contributed by atoms with E-state index in [0.717, 1.165) is 27.2 Å². The van der Waals surface area contributed by atoms with Crippen LogP contribution in [0.5, 0.6) is 0 Å². The smallest absolute Gasteiger partial charge is 0.317 e. The zero-order chi connectivity index (χ0) is 15.8. The van der Waals surface area contributed by atoms with Gasteiger partial charge in [-0.3, -0.25) is 4.98 Å². The Morgan fingerprint density at radius 2 is 2.27 bits per heavy atom. The average molecular weight is 337 g/mol. The fraction of sp³-hybridized carbons (Fsp3) is 0.429. The molecule has 0 radical (unpaired) electrons. The summed E-state index contributed by atoms with van der Waals surface area (Å²) in [6, 6.07) is 5.74. The molecule has 1 N–H and O–H groups in total. The Balaban J connectivity index is 1.62. The molecule has 0 saturated heterocycles. The van der Waals surface area contributed by atoms with E-state index in [1.807, 2.05) is 25.1 Å². The molecule has 0 atom stereocenters. The summed E-state index contributed by atoms with van der Waals surface area (Å²) in [6.45, 7) is 3.18. The molecule has 2 heterocycles. The molecule has 2 aromatic rings. The largest absolute Gasteiger partial charge is 0.337 e.